The number of Topliss-reactive ketones (excluding diaryl/α,β-unsaturated/α-hetero) is 1. The molecular weight excluding hydrogens is 646 g/mol. The molecule has 0 fully saturated rings. The molecule has 4 aromatic heterocycles. The van der Waals surface area contributed by atoms with E-state index in [1.807, 2.05) is 54.3 Å². The maximum Gasteiger partial charge on any atom is 0.276 e. The highest BCUT2D eigenvalue weighted by Crippen LogP contribution is 2.24. The van der Waals surface area contributed by atoms with E-state index in [0.717, 1.165) is 65.0 Å². The minimum absolute atomic E-state index is 0.0146. The van der Waals surface area contributed by atoms with Crippen molar-refractivity contribution in [2.75, 3.05) is 18.4 Å². The minimum atomic E-state index is -0.548. The van der Waals surface area contributed by atoms with Gasteiger partial charge in [-0.3, -0.25) is 29.1 Å². The number of benzene rings is 2. The molecule has 6 aromatic rings. The van der Waals surface area contributed by atoms with E-state index in [1.54, 1.807) is 28.9 Å². The molecule has 0 atom stereocenters. The molecule has 7 rings (SSSR count). The van der Waals surface area contributed by atoms with Gasteiger partial charge >= 0.3 is 0 Å². The van der Waals surface area contributed by atoms with Crippen molar-refractivity contribution in [3.63, 3.8) is 0 Å². The number of carbonyl (C=O) groups excluding carboxylic acids is 3. The average molecular weight is 690 g/mol. The summed E-state index contributed by atoms with van der Waals surface area (Å²) in [4.78, 5) is 49.4. The number of aryl methyl sites for hydroxylation is 4. The summed E-state index contributed by atoms with van der Waals surface area (Å²) >= 11 is 0. The SMILES string of the molecule is CCn1nc(C)c2c1C(=O)Cc1nc3ccccc3n1CCNCCn1c(nc3cc(C(N)=O)ccc31)NC(=O)c1cc(C)nn1CCCCC2. The first-order valence-electron chi connectivity index (χ1n) is 17.6. The number of hydrogen-bond donors (Lipinski definition) is 3. The number of nitrogens with zero attached hydrogens (tertiary/aromatic N) is 8. The highest BCUT2D eigenvalue weighted by Gasteiger charge is 2.24. The van der Waals surface area contributed by atoms with Crippen molar-refractivity contribution in [3.8, 4) is 0 Å². The van der Waals surface area contributed by atoms with Crippen molar-refractivity contribution in [2.24, 2.45) is 5.73 Å². The Bertz CT molecular complexity index is 2270. The van der Waals surface area contributed by atoms with Gasteiger partial charge in [0.2, 0.25) is 11.9 Å². The molecule has 0 saturated heterocycles. The van der Waals surface area contributed by atoms with Crippen molar-refractivity contribution in [3.05, 3.63) is 88.3 Å². The number of carbonyl (C=O) groups is 3. The van der Waals surface area contributed by atoms with Gasteiger partial charge in [0, 0.05) is 50.4 Å². The number of para-hydroxylation sites is 2. The lowest BCUT2D eigenvalue weighted by Crippen LogP contribution is -2.26. The van der Waals surface area contributed by atoms with Crippen LogP contribution in [0, 0.1) is 13.8 Å². The molecule has 2 aromatic carbocycles. The second-order valence-electron chi connectivity index (χ2n) is 13.1. The van der Waals surface area contributed by atoms with Gasteiger partial charge in [-0.2, -0.15) is 10.2 Å². The van der Waals surface area contributed by atoms with Crippen molar-refractivity contribution < 1.29 is 14.4 Å². The van der Waals surface area contributed by atoms with Crippen molar-refractivity contribution in [1.82, 2.24) is 44.0 Å². The second-order valence-corrected chi connectivity index (χ2v) is 13.1. The Hall–Kier alpha value is -5.63. The number of anilines is 1. The molecule has 1 aliphatic rings. The third-order valence-electron chi connectivity index (χ3n) is 9.58. The molecule has 5 heterocycles. The number of nitrogens with one attached hydrogen (secondary N) is 2. The number of hydrogen-bond acceptors (Lipinski definition) is 8. The number of nitrogens with two attached hydrogens (primary N) is 1. The lowest BCUT2D eigenvalue weighted by molar-refractivity contribution is 0.0975. The lowest BCUT2D eigenvalue weighted by Gasteiger charge is -2.14. The highest BCUT2D eigenvalue weighted by molar-refractivity contribution is 6.03. The van der Waals surface area contributed by atoms with Gasteiger partial charge in [-0.1, -0.05) is 18.6 Å². The molecule has 51 heavy (non-hydrogen) atoms. The van der Waals surface area contributed by atoms with E-state index in [-0.39, 0.29) is 18.1 Å². The zero-order valence-electron chi connectivity index (χ0n) is 29.3. The van der Waals surface area contributed by atoms with E-state index in [9.17, 15) is 14.4 Å². The van der Waals surface area contributed by atoms with E-state index in [4.69, 9.17) is 20.8 Å². The summed E-state index contributed by atoms with van der Waals surface area (Å²) in [5, 5.41) is 15.9. The Labute approximate surface area is 295 Å². The van der Waals surface area contributed by atoms with Gasteiger partial charge in [0.15, 0.2) is 5.78 Å². The first-order chi connectivity index (χ1) is 24.7. The molecule has 14 nitrogen and oxygen atoms in total. The normalized spacial score (nSPS) is 15.4. The average Bonchev–Trinajstić information content (AvgIpc) is 3.85. The maximum atomic E-state index is 14.1. The Kier molecular flexibility index (Phi) is 9.50. The van der Waals surface area contributed by atoms with Crippen LogP contribution in [0.3, 0.4) is 0 Å². The molecule has 1 aliphatic heterocycles. The van der Waals surface area contributed by atoms with Crippen LogP contribution in [0.15, 0.2) is 48.5 Å². The number of imidazole rings is 2. The zero-order valence-corrected chi connectivity index (χ0v) is 29.3. The van der Waals surface area contributed by atoms with Crippen molar-refractivity contribution >= 4 is 45.6 Å². The summed E-state index contributed by atoms with van der Waals surface area (Å²) in [5.74, 6) is 0.237. The largest absolute Gasteiger partial charge is 0.366 e. The first-order valence-corrected chi connectivity index (χ1v) is 17.6. The van der Waals surface area contributed by atoms with Crippen LogP contribution in [-0.4, -0.2) is 69.4 Å². The van der Waals surface area contributed by atoms with Crippen LogP contribution in [0.25, 0.3) is 22.1 Å². The van der Waals surface area contributed by atoms with Gasteiger partial charge < -0.3 is 20.2 Å². The molecule has 0 unspecified atom stereocenters. The minimum Gasteiger partial charge on any atom is -0.366 e. The van der Waals surface area contributed by atoms with Crippen molar-refractivity contribution in [1.29, 1.82) is 0 Å². The van der Waals surface area contributed by atoms with E-state index in [2.05, 4.69) is 20.3 Å². The van der Waals surface area contributed by atoms with Gasteiger partial charge in [-0.25, -0.2) is 9.97 Å². The molecule has 0 radical (unpaired) electrons. The summed E-state index contributed by atoms with van der Waals surface area (Å²) in [6.45, 7) is 9.27. The fraction of sp³-hybridized carbons (Fsp3) is 0.378. The monoisotopic (exact) mass is 689 g/mol. The molecule has 264 valence electrons. The Morgan fingerprint density at radius 2 is 1.67 bits per heavy atom. The second kappa shape index (κ2) is 14.3. The van der Waals surface area contributed by atoms with Gasteiger partial charge in [0.1, 0.15) is 17.2 Å². The summed E-state index contributed by atoms with van der Waals surface area (Å²) < 4.78 is 7.63. The molecule has 0 aliphatic carbocycles. The van der Waals surface area contributed by atoms with Crippen LogP contribution in [0.2, 0.25) is 0 Å². The Morgan fingerprint density at radius 1 is 0.882 bits per heavy atom. The molecule has 0 bridgehead atoms. The quantitative estimate of drug-likeness (QED) is 0.243. The number of aromatic nitrogens is 8. The molecule has 14 heteroatoms. The van der Waals surface area contributed by atoms with Crippen LogP contribution >= 0.6 is 0 Å². The third kappa shape index (κ3) is 6.78. The molecular formula is C37H43N11O3. The topological polar surface area (TPSA) is 173 Å². The Morgan fingerprint density at radius 3 is 2.47 bits per heavy atom. The van der Waals surface area contributed by atoms with Gasteiger partial charge in [0.25, 0.3) is 5.91 Å². The number of amides is 2. The highest BCUT2D eigenvalue weighted by atomic mass is 16.2. The first kappa shape index (κ1) is 33.8. The number of primary amides is 1. The predicted molar refractivity (Wildman–Crippen MR) is 194 cm³/mol. The predicted octanol–water partition coefficient (Wildman–Crippen LogP) is 4.21. The van der Waals surface area contributed by atoms with Crippen LogP contribution in [0.4, 0.5) is 5.95 Å². The number of fused-ring (bicyclic) bond motifs is 8. The van der Waals surface area contributed by atoms with Crippen LogP contribution in [0.5, 0.6) is 0 Å². The summed E-state index contributed by atoms with van der Waals surface area (Å²) in [7, 11) is 0. The summed E-state index contributed by atoms with van der Waals surface area (Å²) in [6.07, 6.45) is 3.44. The summed E-state index contributed by atoms with van der Waals surface area (Å²) in [6, 6.07) is 14.8. The van der Waals surface area contributed by atoms with Crippen LogP contribution in [0.1, 0.15) is 80.3 Å². The smallest absolute Gasteiger partial charge is 0.276 e. The number of rotatable bonds is 2. The number of ketones is 1. The van der Waals surface area contributed by atoms with E-state index in [1.165, 1.54) is 0 Å². The molecule has 2 amide bonds. The van der Waals surface area contributed by atoms with Crippen molar-refractivity contribution in [2.45, 2.75) is 79.1 Å². The standard InChI is InChI=1S/C37H43N11O3/c1-4-47-34-26(24(3)44-47)10-6-5-9-17-48-31(20-23(2)43-48)36(51)42-37-41-28-21-25(35(38)50)13-14-30(28)46(37)19-16-39-15-18-45-29-12-8-7-11-27(29)40-33(45)22-32(34)49/h7-8,11-14,20-21,39H,4-6,9-10,15-19,22H2,1-3H3,(H2,38,50)(H,41,42,51). The molecule has 4 N–H and O–H groups in total. The van der Waals surface area contributed by atoms with Crippen LogP contribution < -0.4 is 16.4 Å². The Balaban J connectivity index is 1.22. The zero-order chi connectivity index (χ0) is 35.6. The van der Waals surface area contributed by atoms with E-state index >= 15 is 0 Å². The van der Waals surface area contributed by atoms with Crippen LogP contribution in [-0.2, 0) is 39.0 Å². The fourth-order valence-corrected chi connectivity index (χ4v) is 7.11. The van der Waals surface area contributed by atoms with E-state index in [0.29, 0.717) is 67.7 Å². The lowest BCUT2D eigenvalue weighted by atomic mass is 10.0. The third-order valence-corrected chi connectivity index (χ3v) is 9.58. The van der Waals surface area contributed by atoms with Gasteiger partial charge in [-0.15, -0.1) is 0 Å². The van der Waals surface area contributed by atoms with Gasteiger partial charge in [-0.05, 0) is 76.4 Å². The molecule has 0 saturated carbocycles. The van der Waals surface area contributed by atoms with Gasteiger partial charge in [0.05, 0.1) is 39.9 Å². The van der Waals surface area contributed by atoms with E-state index < -0.39 is 5.91 Å². The summed E-state index contributed by atoms with van der Waals surface area (Å²) in [5.41, 5.74) is 12.8. The fourth-order valence-electron chi connectivity index (χ4n) is 7.11. The molecule has 0 spiro atoms. The maximum absolute atomic E-state index is 14.1.